The first kappa shape index (κ1) is 22.2. The first-order valence-electron chi connectivity index (χ1n) is 8.12. The minimum absolute atomic E-state index is 0.0172. The molecule has 26 heavy (non-hydrogen) atoms. The quantitative estimate of drug-likeness (QED) is 0.664. The van der Waals surface area contributed by atoms with Gasteiger partial charge in [0.25, 0.3) is 0 Å². The van der Waals surface area contributed by atoms with Crippen LogP contribution < -0.4 is 5.32 Å². The molecule has 1 saturated carbocycles. The third-order valence-corrected chi connectivity index (χ3v) is 4.72. The Morgan fingerprint density at radius 3 is 2.15 bits per heavy atom. The van der Waals surface area contributed by atoms with E-state index in [0.29, 0.717) is 28.3 Å². The monoisotopic (exact) mass is 404 g/mol. The largest absolute Gasteiger partial charge is 0.473 e. The second kappa shape index (κ2) is 11.0. The molecule has 0 saturated heterocycles. The Labute approximate surface area is 161 Å². The number of carboxylic acid groups (broad SMARTS) is 2. The fourth-order valence-electron chi connectivity index (χ4n) is 2.65. The molecule has 0 radical (unpaired) electrons. The van der Waals surface area contributed by atoms with Crippen LogP contribution in [0.1, 0.15) is 32.1 Å². The number of hydrogen-bond donors (Lipinski definition) is 3. The highest BCUT2D eigenvalue weighted by Gasteiger charge is 2.19. The Kier molecular flexibility index (Phi) is 9.40. The number of anilines is 1. The predicted octanol–water partition coefficient (Wildman–Crippen LogP) is 3.35. The van der Waals surface area contributed by atoms with Gasteiger partial charge in [-0.15, -0.1) is 0 Å². The van der Waals surface area contributed by atoms with Crippen molar-refractivity contribution in [3.63, 3.8) is 0 Å². The van der Waals surface area contributed by atoms with E-state index >= 15 is 0 Å². The Balaban J connectivity index is 0.000000487. The van der Waals surface area contributed by atoms with E-state index in [9.17, 15) is 4.79 Å². The Morgan fingerprint density at radius 1 is 1.08 bits per heavy atom. The molecule has 1 aromatic carbocycles. The summed E-state index contributed by atoms with van der Waals surface area (Å²) < 4.78 is 0. The van der Waals surface area contributed by atoms with Crippen LogP contribution in [-0.4, -0.2) is 52.6 Å². The molecule has 7 nitrogen and oxygen atoms in total. The summed E-state index contributed by atoms with van der Waals surface area (Å²) in [5.74, 6) is -3.67. The molecule has 1 aliphatic rings. The van der Waals surface area contributed by atoms with Crippen LogP contribution in [-0.2, 0) is 14.4 Å². The van der Waals surface area contributed by atoms with Gasteiger partial charge >= 0.3 is 11.9 Å². The zero-order valence-electron chi connectivity index (χ0n) is 14.4. The normalized spacial score (nSPS) is 14.3. The van der Waals surface area contributed by atoms with Crippen molar-refractivity contribution in [3.8, 4) is 0 Å². The summed E-state index contributed by atoms with van der Waals surface area (Å²) in [5.41, 5.74) is 0.682. The summed E-state index contributed by atoms with van der Waals surface area (Å²) in [6.07, 6.45) is 6.24. The number of amides is 1. The average Bonchev–Trinajstić information content (AvgIpc) is 2.59. The number of carbonyl (C=O) groups excluding carboxylic acids is 1. The van der Waals surface area contributed by atoms with Gasteiger partial charge in [-0.3, -0.25) is 9.69 Å². The minimum Gasteiger partial charge on any atom is -0.473 e. The third kappa shape index (κ3) is 8.03. The molecule has 1 fully saturated rings. The van der Waals surface area contributed by atoms with Gasteiger partial charge in [0.1, 0.15) is 0 Å². The lowest BCUT2D eigenvalue weighted by Crippen LogP contribution is -2.39. The Hall–Kier alpha value is -1.83. The van der Waals surface area contributed by atoms with Gasteiger partial charge in [-0.25, -0.2) is 9.59 Å². The molecule has 0 unspecified atom stereocenters. The van der Waals surface area contributed by atoms with E-state index in [0.717, 1.165) is 0 Å². The number of carboxylic acids is 2. The lowest BCUT2D eigenvalue weighted by atomic mass is 9.94. The molecule has 0 atom stereocenters. The SMILES string of the molecule is CN(CC(=O)Nc1ccc(Cl)c(Cl)c1)C1CCCCC1.O=C(O)C(=O)O. The second-order valence-electron chi connectivity index (χ2n) is 5.99. The van der Waals surface area contributed by atoms with Gasteiger partial charge in [0.2, 0.25) is 5.91 Å². The van der Waals surface area contributed by atoms with Gasteiger partial charge in [0.05, 0.1) is 16.6 Å². The number of benzene rings is 1. The molecule has 0 bridgehead atoms. The number of nitrogens with zero attached hydrogens (tertiary/aromatic N) is 1. The van der Waals surface area contributed by atoms with E-state index in [2.05, 4.69) is 10.2 Å². The minimum atomic E-state index is -1.82. The Bertz CT molecular complexity index is 636. The van der Waals surface area contributed by atoms with Crippen LogP contribution in [0.5, 0.6) is 0 Å². The molecular weight excluding hydrogens is 383 g/mol. The van der Waals surface area contributed by atoms with Crippen LogP contribution in [0.25, 0.3) is 0 Å². The molecule has 1 aromatic rings. The maximum atomic E-state index is 12.0. The predicted molar refractivity (Wildman–Crippen MR) is 99.9 cm³/mol. The molecule has 0 aromatic heterocycles. The summed E-state index contributed by atoms with van der Waals surface area (Å²) in [7, 11) is 2.02. The molecule has 1 aliphatic carbocycles. The van der Waals surface area contributed by atoms with E-state index in [1.165, 1.54) is 32.1 Å². The van der Waals surface area contributed by atoms with Gasteiger partial charge < -0.3 is 15.5 Å². The van der Waals surface area contributed by atoms with Gasteiger partial charge in [-0.05, 0) is 38.1 Å². The van der Waals surface area contributed by atoms with Crippen LogP contribution >= 0.6 is 23.2 Å². The number of likely N-dealkylation sites (N-methyl/N-ethyl adjacent to an activating group) is 1. The number of carbonyl (C=O) groups is 3. The number of halogens is 2. The molecule has 1 amide bonds. The van der Waals surface area contributed by atoms with Crippen molar-refractivity contribution in [2.45, 2.75) is 38.1 Å². The summed E-state index contributed by atoms with van der Waals surface area (Å²) in [5, 5.41) is 18.6. The molecule has 3 N–H and O–H groups in total. The molecule has 0 heterocycles. The summed E-state index contributed by atoms with van der Waals surface area (Å²) in [6, 6.07) is 5.64. The fraction of sp³-hybridized carbons (Fsp3) is 0.471. The highest BCUT2D eigenvalue weighted by Crippen LogP contribution is 2.25. The number of nitrogens with one attached hydrogen (secondary N) is 1. The topological polar surface area (TPSA) is 107 Å². The molecule has 0 spiro atoms. The van der Waals surface area contributed by atoms with E-state index < -0.39 is 11.9 Å². The first-order valence-corrected chi connectivity index (χ1v) is 8.87. The molecule has 9 heteroatoms. The molecule has 2 rings (SSSR count). The van der Waals surface area contributed by atoms with Gasteiger partial charge in [0.15, 0.2) is 0 Å². The molecule has 144 valence electrons. The van der Waals surface area contributed by atoms with Crippen molar-refractivity contribution >= 4 is 46.7 Å². The maximum absolute atomic E-state index is 12.0. The fourth-order valence-corrected chi connectivity index (χ4v) is 2.95. The summed E-state index contributed by atoms with van der Waals surface area (Å²) >= 11 is 11.8. The van der Waals surface area contributed by atoms with Gasteiger partial charge in [0, 0.05) is 11.7 Å². The van der Waals surface area contributed by atoms with Crippen LogP contribution in [0.4, 0.5) is 5.69 Å². The van der Waals surface area contributed by atoms with Crippen LogP contribution in [0.3, 0.4) is 0 Å². The number of hydrogen-bond acceptors (Lipinski definition) is 4. The number of aliphatic carboxylic acids is 2. The third-order valence-electron chi connectivity index (χ3n) is 3.98. The van der Waals surface area contributed by atoms with E-state index in [1.807, 2.05) is 7.05 Å². The van der Waals surface area contributed by atoms with E-state index in [-0.39, 0.29) is 5.91 Å². The van der Waals surface area contributed by atoms with Crippen LogP contribution in [0.2, 0.25) is 10.0 Å². The van der Waals surface area contributed by atoms with Crippen molar-refractivity contribution in [2.75, 3.05) is 18.9 Å². The van der Waals surface area contributed by atoms with Crippen LogP contribution in [0, 0.1) is 0 Å². The standard InChI is InChI=1S/C15H20Cl2N2O.C2H2O4/c1-19(12-5-3-2-4-6-12)10-15(20)18-11-7-8-13(16)14(17)9-11;3-1(4)2(5)6/h7-9,12H,2-6,10H2,1H3,(H,18,20);(H,3,4)(H,5,6). The van der Waals surface area contributed by atoms with Gasteiger partial charge in [-0.1, -0.05) is 42.5 Å². The summed E-state index contributed by atoms with van der Waals surface area (Å²) in [6.45, 7) is 0.408. The highest BCUT2D eigenvalue weighted by atomic mass is 35.5. The lowest BCUT2D eigenvalue weighted by molar-refractivity contribution is -0.159. The van der Waals surface area contributed by atoms with Crippen LogP contribution in [0.15, 0.2) is 18.2 Å². The zero-order valence-corrected chi connectivity index (χ0v) is 15.9. The molecular formula is C17H22Cl2N2O5. The Morgan fingerprint density at radius 2 is 1.65 bits per heavy atom. The van der Waals surface area contributed by atoms with E-state index in [1.54, 1.807) is 18.2 Å². The summed E-state index contributed by atoms with van der Waals surface area (Å²) in [4.78, 5) is 32.4. The first-order chi connectivity index (χ1) is 12.2. The smallest absolute Gasteiger partial charge is 0.414 e. The highest BCUT2D eigenvalue weighted by molar-refractivity contribution is 6.42. The van der Waals surface area contributed by atoms with Crippen molar-refractivity contribution in [2.24, 2.45) is 0 Å². The van der Waals surface area contributed by atoms with Crippen molar-refractivity contribution < 1.29 is 24.6 Å². The molecule has 0 aliphatic heterocycles. The van der Waals surface area contributed by atoms with E-state index in [4.69, 9.17) is 43.0 Å². The van der Waals surface area contributed by atoms with Crippen molar-refractivity contribution in [3.05, 3.63) is 28.2 Å². The lowest BCUT2D eigenvalue weighted by Gasteiger charge is -2.30. The average molecular weight is 405 g/mol. The maximum Gasteiger partial charge on any atom is 0.414 e. The number of rotatable bonds is 4. The van der Waals surface area contributed by atoms with Crippen molar-refractivity contribution in [1.29, 1.82) is 0 Å². The van der Waals surface area contributed by atoms with Crippen molar-refractivity contribution in [1.82, 2.24) is 4.90 Å². The zero-order chi connectivity index (χ0) is 19.7. The second-order valence-corrected chi connectivity index (χ2v) is 6.81. The van der Waals surface area contributed by atoms with Gasteiger partial charge in [-0.2, -0.15) is 0 Å².